The molecule has 130 heavy (non-hydrogen) atoms. The third-order valence-electron chi connectivity index (χ3n) is 25.5. The molecule has 0 aliphatic carbocycles. The molecule has 0 radical (unpaired) electrons. The van der Waals surface area contributed by atoms with E-state index in [0.717, 1.165) is 101 Å². The Morgan fingerprint density at radius 1 is 0.169 bits per heavy atom. The van der Waals surface area contributed by atoms with Crippen molar-refractivity contribution in [2.75, 3.05) is 14.7 Å². The molecule has 0 saturated heterocycles. The summed E-state index contributed by atoms with van der Waals surface area (Å²) < 4.78 is 15.8. The van der Waals surface area contributed by atoms with Gasteiger partial charge in [0, 0.05) is 97.9 Å². The molecule has 0 amide bonds. The van der Waals surface area contributed by atoms with Crippen molar-refractivity contribution in [3.8, 4) is 55.6 Å². The second-order valence-electron chi connectivity index (χ2n) is 33.0. The van der Waals surface area contributed by atoms with Gasteiger partial charge < -0.3 is 4.90 Å². The average molecular weight is 1660 g/mol. The van der Waals surface area contributed by atoms with Crippen LogP contribution in [0.15, 0.2) is 462 Å². The summed E-state index contributed by atoms with van der Waals surface area (Å²) in [5, 5.41) is 25.9. The van der Waals surface area contributed by atoms with Crippen LogP contribution in [0.25, 0.3) is 185 Å². The zero-order valence-electron chi connectivity index (χ0n) is 70.3. The minimum atomic E-state index is -0.285. The molecule has 10 heteroatoms. The second-order valence-corrected chi connectivity index (χ2v) is 33.0. The maximum absolute atomic E-state index is 15.8. The molecule has 20 aromatic carbocycles. The minimum Gasteiger partial charge on any atom is -0.308 e. The molecule has 0 aliphatic heterocycles. The van der Waals surface area contributed by atoms with Crippen LogP contribution >= 0.6 is 0 Å². The predicted molar refractivity (Wildman–Crippen MR) is 541 cm³/mol. The molecule has 0 N–H and O–H groups in total. The van der Waals surface area contributed by atoms with Crippen molar-refractivity contribution >= 4 is 181 Å². The molecule has 0 bridgehead atoms. The summed E-state index contributed by atoms with van der Waals surface area (Å²) >= 11 is 0. The Labute approximate surface area is 748 Å². The molecular formula is C120H76FN9. The summed E-state index contributed by atoms with van der Waals surface area (Å²) in [6.45, 7) is 0. The number of anilines is 9. The van der Waals surface area contributed by atoms with Crippen LogP contribution < -0.4 is 14.7 Å². The summed E-state index contributed by atoms with van der Waals surface area (Å²) in [4.78, 5) is 34.4. The zero-order valence-corrected chi connectivity index (χ0v) is 70.3. The molecule has 26 rings (SSSR count). The Morgan fingerprint density at radius 3 is 0.862 bits per heavy atom. The van der Waals surface area contributed by atoms with Crippen LogP contribution in [-0.2, 0) is 0 Å². The zero-order chi connectivity index (χ0) is 86.1. The van der Waals surface area contributed by atoms with Crippen molar-refractivity contribution in [2.24, 2.45) is 0 Å². The molecule has 0 saturated carbocycles. The van der Waals surface area contributed by atoms with E-state index in [-0.39, 0.29) is 5.82 Å². The van der Waals surface area contributed by atoms with E-state index in [1.54, 1.807) is 6.07 Å². The van der Waals surface area contributed by atoms with E-state index >= 15 is 4.39 Å². The maximum Gasteiger partial charge on any atom is 0.147 e. The lowest BCUT2D eigenvalue weighted by molar-refractivity contribution is 0.629. The number of rotatable bonds is 14. The van der Waals surface area contributed by atoms with Crippen molar-refractivity contribution in [1.82, 2.24) is 29.9 Å². The van der Waals surface area contributed by atoms with E-state index < -0.39 is 0 Å². The van der Waals surface area contributed by atoms with Gasteiger partial charge in [0.1, 0.15) is 23.3 Å². The van der Waals surface area contributed by atoms with E-state index in [1.165, 1.54) is 136 Å². The van der Waals surface area contributed by atoms with Crippen molar-refractivity contribution in [2.45, 2.75) is 0 Å². The molecule has 9 nitrogen and oxygen atoms in total. The fourth-order valence-corrected chi connectivity index (χ4v) is 19.6. The summed E-state index contributed by atoms with van der Waals surface area (Å²) in [5.41, 5.74) is 19.9. The monoisotopic (exact) mass is 1660 g/mol. The van der Waals surface area contributed by atoms with Gasteiger partial charge in [-0.15, -0.1) is 0 Å². The summed E-state index contributed by atoms with van der Waals surface area (Å²) in [6, 6.07) is 148. The van der Waals surface area contributed by atoms with E-state index in [1.807, 2.05) is 145 Å². The Hall–Kier alpha value is -17.5. The minimum absolute atomic E-state index is 0.285. The summed E-state index contributed by atoms with van der Waals surface area (Å²) in [5.74, 6) is 2.26. The van der Waals surface area contributed by atoms with Gasteiger partial charge in [0.2, 0.25) is 0 Å². The van der Waals surface area contributed by atoms with Crippen LogP contribution in [0.5, 0.6) is 0 Å². The quantitative estimate of drug-likeness (QED) is 0.0780. The highest BCUT2D eigenvalue weighted by atomic mass is 19.1. The molecule has 608 valence electrons. The molecule has 0 aliphatic rings. The lowest BCUT2D eigenvalue weighted by Crippen LogP contribution is -2.12. The highest BCUT2D eigenvalue weighted by Crippen LogP contribution is 2.49. The number of fused-ring (bicyclic) bond motifs is 6. The smallest absolute Gasteiger partial charge is 0.147 e. The van der Waals surface area contributed by atoms with E-state index in [4.69, 9.17) is 15.0 Å². The number of aromatic nitrogens is 6. The van der Waals surface area contributed by atoms with Gasteiger partial charge in [-0.1, -0.05) is 273 Å². The molecule has 6 heterocycles. The van der Waals surface area contributed by atoms with Crippen LogP contribution in [0.3, 0.4) is 0 Å². The van der Waals surface area contributed by atoms with E-state index in [2.05, 4.69) is 334 Å². The Balaban J connectivity index is 0.000000110. The summed E-state index contributed by atoms with van der Waals surface area (Å²) in [6.07, 6.45) is 11.1. The number of halogens is 1. The second kappa shape index (κ2) is 32.3. The van der Waals surface area contributed by atoms with Gasteiger partial charge in [0.05, 0.1) is 22.2 Å². The van der Waals surface area contributed by atoms with Crippen molar-refractivity contribution in [3.63, 3.8) is 0 Å². The van der Waals surface area contributed by atoms with E-state index in [9.17, 15) is 0 Å². The normalized spacial score (nSPS) is 11.6. The lowest BCUT2D eigenvalue weighted by Gasteiger charge is -2.27. The largest absolute Gasteiger partial charge is 0.308 e. The summed E-state index contributed by atoms with van der Waals surface area (Å²) in [7, 11) is 0. The van der Waals surface area contributed by atoms with Crippen molar-refractivity contribution in [3.05, 3.63) is 468 Å². The number of pyridine rings is 6. The first-order chi connectivity index (χ1) is 64.4. The standard InChI is InChI=1S/C49H31FN2.C36H23N3.C35H22N4/c50-45-15-7-8-16-46(45)52(41-30-38(32-10-3-1-4-11-32)29-39(31-41)33-12-5-2-6-13-33)40-22-19-34(20-23-40)42-24-21-35-17-18-36-28-37-14-9-27-51-49(37)44-26-25-43(42)47(35)48(36)44;1-2-8-28(9-3-1)39(33-10-4-5-21-37-33)29-16-13-24(14-17-29)30-18-15-25-11-12-26-23-27-7-6-22-38-36(27)32-20-19-31(30)34(25)35(26)32;1-3-19-36-31(7-1)39(32-8-2-4-20-37-32)27-14-11-23(12-15-27)28-16-13-24-9-10-25-22-26-6-5-21-38-35(26)30-18-17-29(28)33(24)34(25)30/h1-31H;1-23H;1-22H. The molecule has 0 fully saturated rings. The van der Waals surface area contributed by atoms with Crippen LogP contribution in [0, 0.1) is 5.82 Å². The number of nitrogens with zero attached hydrogens (tertiary/aromatic N) is 9. The maximum atomic E-state index is 15.8. The van der Waals surface area contributed by atoms with Gasteiger partial charge in [0.25, 0.3) is 0 Å². The first kappa shape index (κ1) is 76.2. The topological polar surface area (TPSA) is 87.1 Å². The van der Waals surface area contributed by atoms with Gasteiger partial charge >= 0.3 is 0 Å². The first-order valence-electron chi connectivity index (χ1n) is 43.8. The van der Waals surface area contributed by atoms with Crippen LogP contribution in [0.4, 0.5) is 56.0 Å². The average Bonchev–Trinajstić information content (AvgIpc) is 0.728. The molecule has 6 aromatic heterocycles. The third-order valence-corrected chi connectivity index (χ3v) is 25.5. The number of hydrogen-bond acceptors (Lipinski definition) is 9. The highest BCUT2D eigenvalue weighted by Gasteiger charge is 2.25. The van der Waals surface area contributed by atoms with Gasteiger partial charge in [-0.2, -0.15) is 0 Å². The lowest BCUT2D eigenvalue weighted by atomic mass is 9.89. The van der Waals surface area contributed by atoms with Gasteiger partial charge in [-0.05, 0) is 288 Å². The van der Waals surface area contributed by atoms with Crippen molar-refractivity contribution < 1.29 is 4.39 Å². The Bertz CT molecular complexity index is 8270. The molecule has 0 unspecified atom stereocenters. The van der Waals surface area contributed by atoms with Crippen molar-refractivity contribution in [1.29, 1.82) is 0 Å². The molecule has 0 atom stereocenters. The Morgan fingerprint density at radius 2 is 0.477 bits per heavy atom. The first-order valence-corrected chi connectivity index (χ1v) is 43.8. The third kappa shape index (κ3) is 13.5. The number of para-hydroxylation sites is 2. The number of hydrogen-bond donors (Lipinski definition) is 0. The highest BCUT2D eigenvalue weighted by molar-refractivity contribution is 6.33. The van der Waals surface area contributed by atoms with E-state index in [0.29, 0.717) is 5.69 Å². The van der Waals surface area contributed by atoms with Gasteiger partial charge in [-0.3, -0.25) is 24.8 Å². The van der Waals surface area contributed by atoms with Gasteiger partial charge in [0.15, 0.2) is 0 Å². The van der Waals surface area contributed by atoms with Crippen LogP contribution in [0.1, 0.15) is 0 Å². The van der Waals surface area contributed by atoms with Crippen LogP contribution in [-0.4, -0.2) is 29.9 Å². The molecule has 26 aromatic rings. The Kier molecular flexibility index (Phi) is 18.9. The molecular weight excluding hydrogens is 1590 g/mol. The molecule has 0 spiro atoms. The van der Waals surface area contributed by atoms with Gasteiger partial charge in [-0.25, -0.2) is 19.3 Å². The fourth-order valence-electron chi connectivity index (χ4n) is 19.6. The SMILES string of the molecule is Fc1ccccc1N(c1ccc(-c2ccc3ccc4cc5cccnc5c5ccc2c3c45)cc1)c1cc(-c2ccccc2)cc(-c2ccccc2)c1.c1ccc(N(c2ccc(-c3ccc4ccc5cc6cccnc6c6ccc3c4c56)cc2)c2ccccn2)cc1.c1ccc(N(c2ccc(-c3ccc4ccc5cc6cccnc6c6ccc3c4c56)cc2)c2ccccn2)nc1. The fraction of sp³-hybridized carbons (Fsp3) is 0. The predicted octanol–water partition coefficient (Wildman–Crippen LogP) is 32.5. The van der Waals surface area contributed by atoms with Crippen LogP contribution in [0.2, 0.25) is 0 Å². The number of benzene rings is 20.